The number of aromatic amines is 1. The first-order chi connectivity index (χ1) is 35.1. The minimum absolute atomic E-state index is 0.0119. The van der Waals surface area contributed by atoms with E-state index in [-0.39, 0.29) is 34.1 Å². The highest BCUT2D eigenvalue weighted by molar-refractivity contribution is 7.99. The first kappa shape index (κ1) is 55.0. The number of rotatable bonds is 10. The molecule has 1 aliphatic carbocycles. The number of hydrogen-bond donors (Lipinski definition) is 10. The zero-order valence-corrected chi connectivity index (χ0v) is 40.3. The predicted molar refractivity (Wildman–Crippen MR) is 270 cm³/mol. The van der Waals surface area contributed by atoms with E-state index in [1.54, 1.807) is 39.4 Å². The van der Waals surface area contributed by atoms with Crippen LogP contribution in [0.2, 0.25) is 5.15 Å². The number of halogens is 1. The van der Waals surface area contributed by atoms with Crippen LogP contribution >= 0.6 is 47.8 Å². The fourth-order valence-electron chi connectivity index (χ4n) is 5.41. The number of fused-ring (bicyclic) bond motifs is 3. The lowest BCUT2D eigenvalue weighted by Crippen LogP contribution is -2.13. The lowest BCUT2D eigenvalue weighted by atomic mass is 10.3. The molecule has 1 amide bonds. The second-order valence-electron chi connectivity index (χ2n) is 14.0. The number of aliphatic imine (C=N–C) groups is 1. The number of imidazole rings is 1. The highest BCUT2D eigenvalue weighted by atomic mass is 35.5. The van der Waals surface area contributed by atoms with Crippen molar-refractivity contribution in [2.45, 2.75) is 23.0 Å². The molecular formula is C43H38ClN17O9S3. The molecule has 8 heterocycles. The van der Waals surface area contributed by atoms with Gasteiger partial charge in [0.25, 0.3) is 0 Å². The summed E-state index contributed by atoms with van der Waals surface area (Å²) in [7, 11) is 0. The average molecular weight is 1070 g/mol. The number of nitrogen functional groups attached to an aromatic ring is 1. The number of hydrogen-bond acceptors (Lipinski definition) is 20. The molecule has 0 unspecified atom stereocenters. The Morgan fingerprint density at radius 2 is 1.32 bits per heavy atom. The maximum Gasteiger partial charge on any atom is 0.337 e. The SMILES string of the molecule is NN.NNc1ccc(C(=O)O)cn1.O=C(O)c1ccc(Cl)nc1.O=C(O)c1ccc2n[nH]c(=S)n2c1.O=C(O)c1ccc2nnc(Sc3ccc4nc(NC(=O)C5CC5)cn4n3)n2c1.S=C=Nc1ccccc1. The summed E-state index contributed by atoms with van der Waals surface area (Å²) in [6.45, 7) is 0. The van der Waals surface area contributed by atoms with Crippen molar-refractivity contribution in [3.05, 3.63) is 154 Å². The van der Waals surface area contributed by atoms with Gasteiger partial charge in [-0.05, 0) is 122 Å². The zero-order valence-electron chi connectivity index (χ0n) is 37.1. The summed E-state index contributed by atoms with van der Waals surface area (Å²) < 4.78 is 5.09. The number of benzene rings is 1. The maximum atomic E-state index is 11.9. The van der Waals surface area contributed by atoms with Gasteiger partial charge in [0.2, 0.25) is 11.1 Å². The van der Waals surface area contributed by atoms with E-state index in [0.29, 0.717) is 48.7 Å². The van der Waals surface area contributed by atoms with Gasteiger partial charge in [0.05, 0.1) is 39.3 Å². The van der Waals surface area contributed by atoms with E-state index in [2.05, 4.69) is 85.2 Å². The number of carbonyl (C=O) groups is 5. The number of pyridine rings is 4. The first-order valence-electron chi connectivity index (χ1n) is 20.3. The number of carboxylic acids is 4. The molecule has 30 heteroatoms. The van der Waals surface area contributed by atoms with Crippen LogP contribution in [0, 0.1) is 10.7 Å². The van der Waals surface area contributed by atoms with Crippen molar-refractivity contribution in [3.8, 4) is 0 Å². The fraction of sp³-hybridized carbons (Fsp3) is 0.0698. The molecule has 0 saturated heterocycles. The standard InChI is InChI=1S/C17H13N7O3S.C7H5N3O2S.C7H5NS.C6H4ClNO2.C6H7N3O2.H4N2/c25-15(9-1-2-9)19-11-8-24-12(18-11)5-6-14(22-24)28-17-21-20-13-4-3-10(16(26)27)7-23(13)17;11-6(12)4-1-2-5-8-9-7(13)10(5)3-4;9-6-8-7-4-2-1-3-5-7;7-5-2-1-4(3-8-5)6(9)10;7-9-5-2-1-4(3-8-5)6(10)11;1-2/h3-9H,1-2H2,(H,19,25)(H,26,27);1-3H,(H,9,13)(H,11,12);1-5H;1-3H,(H,9,10);1-3H,7H2,(H,8,9)(H,10,11);1-2H2. The molecule has 0 radical (unpaired) electrons. The third-order valence-corrected chi connectivity index (χ3v) is 10.5. The number of nitrogens with two attached hydrogens (primary N) is 3. The number of carbonyl (C=O) groups excluding carboxylic acids is 1. The second kappa shape index (κ2) is 26.9. The Morgan fingerprint density at radius 3 is 1.88 bits per heavy atom. The van der Waals surface area contributed by atoms with Crippen LogP contribution in [0.4, 0.5) is 17.3 Å². The van der Waals surface area contributed by atoms with Gasteiger partial charge in [-0.25, -0.2) is 44.5 Å². The van der Waals surface area contributed by atoms with E-state index >= 15 is 0 Å². The molecule has 0 aliphatic heterocycles. The van der Waals surface area contributed by atoms with Crippen LogP contribution in [0.15, 0.2) is 137 Å². The number of thiocarbonyl (C=S) groups is 1. The van der Waals surface area contributed by atoms with Crippen molar-refractivity contribution < 1.29 is 44.4 Å². The van der Waals surface area contributed by atoms with E-state index in [4.69, 9.17) is 45.0 Å². The number of aromatic carboxylic acids is 4. The third kappa shape index (κ3) is 16.3. The van der Waals surface area contributed by atoms with Gasteiger partial charge in [-0.15, -0.1) is 10.2 Å². The summed E-state index contributed by atoms with van der Waals surface area (Å²) in [5.74, 6) is 10.0. The monoisotopic (exact) mass is 1070 g/mol. The topological polar surface area (TPSA) is 400 Å². The van der Waals surface area contributed by atoms with Crippen molar-refractivity contribution in [1.29, 1.82) is 0 Å². The van der Waals surface area contributed by atoms with Crippen molar-refractivity contribution in [1.82, 2.24) is 53.8 Å². The summed E-state index contributed by atoms with van der Waals surface area (Å²) in [4.78, 5) is 69.6. The van der Waals surface area contributed by atoms with Gasteiger partial charge in [0.1, 0.15) is 16.0 Å². The van der Waals surface area contributed by atoms with E-state index in [1.165, 1.54) is 77.3 Å². The molecule has 26 nitrogen and oxygen atoms in total. The number of anilines is 2. The molecule has 374 valence electrons. The molecule has 0 bridgehead atoms. The lowest BCUT2D eigenvalue weighted by Gasteiger charge is -2.01. The van der Waals surface area contributed by atoms with E-state index < -0.39 is 23.9 Å². The van der Waals surface area contributed by atoms with Gasteiger partial charge >= 0.3 is 23.9 Å². The molecule has 10 rings (SSSR count). The number of nitrogens with zero attached hydrogens (tertiary/aromatic N) is 11. The summed E-state index contributed by atoms with van der Waals surface area (Å²) in [5, 5.41) is 60.3. The normalized spacial score (nSPS) is 10.9. The average Bonchev–Trinajstić information content (AvgIpc) is 3.93. The molecule has 73 heavy (non-hydrogen) atoms. The highest BCUT2D eigenvalue weighted by Gasteiger charge is 2.30. The summed E-state index contributed by atoms with van der Waals surface area (Å²) in [6, 6.07) is 25.0. The molecule has 8 aromatic heterocycles. The molecule has 9 aromatic rings. The van der Waals surface area contributed by atoms with Crippen molar-refractivity contribution in [2.75, 3.05) is 10.7 Å². The molecule has 1 aromatic carbocycles. The quantitative estimate of drug-likeness (QED) is 0.0254. The number of para-hydroxylation sites is 1. The number of nitrogens with one attached hydrogen (secondary N) is 3. The van der Waals surface area contributed by atoms with Gasteiger partial charge in [0, 0.05) is 30.7 Å². The number of aromatic nitrogens is 11. The Hall–Kier alpha value is -8.93. The van der Waals surface area contributed by atoms with Crippen LogP contribution in [0.25, 0.3) is 16.9 Å². The van der Waals surface area contributed by atoms with E-state index in [0.717, 1.165) is 18.5 Å². The molecule has 0 atom stereocenters. The summed E-state index contributed by atoms with van der Waals surface area (Å²) >= 11 is 16.0. The van der Waals surface area contributed by atoms with Crippen LogP contribution in [0.3, 0.4) is 0 Å². The van der Waals surface area contributed by atoms with Crippen LogP contribution in [0.1, 0.15) is 54.3 Å². The lowest BCUT2D eigenvalue weighted by molar-refractivity contribution is -0.117. The Kier molecular flexibility index (Phi) is 20.3. The largest absolute Gasteiger partial charge is 0.478 e. The molecule has 1 aliphatic rings. The Labute approximate surface area is 429 Å². The molecule has 13 N–H and O–H groups in total. The minimum atomic E-state index is -1.02. The number of hydrazine groups is 2. The first-order valence-corrected chi connectivity index (χ1v) is 22.3. The van der Waals surface area contributed by atoms with Crippen molar-refractivity contribution in [3.63, 3.8) is 0 Å². The van der Waals surface area contributed by atoms with Crippen molar-refractivity contribution in [2.24, 2.45) is 28.4 Å². The van der Waals surface area contributed by atoms with Crippen molar-refractivity contribution >= 4 is 117 Å². The van der Waals surface area contributed by atoms with Gasteiger partial charge < -0.3 is 31.2 Å². The Morgan fingerprint density at radius 1 is 0.726 bits per heavy atom. The van der Waals surface area contributed by atoms with E-state index in [1.807, 2.05) is 30.3 Å². The van der Waals surface area contributed by atoms with Crippen LogP contribution in [0.5, 0.6) is 0 Å². The van der Waals surface area contributed by atoms with Crippen LogP contribution in [-0.4, -0.2) is 109 Å². The molecular weight excluding hydrogens is 1030 g/mol. The summed E-state index contributed by atoms with van der Waals surface area (Å²) in [5.41, 5.74) is 5.51. The number of H-pyrrole nitrogens is 1. The van der Waals surface area contributed by atoms with Crippen LogP contribution in [-0.2, 0) is 4.79 Å². The minimum Gasteiger partial charge on any atom is -0.478 e. The van der Waals surface area contributed by atoms with Gasteiger partial charge in [-0.2, -0.15) is 15.2 Å². The fourth-order valence-corrected chi connectivity index (χ4v) is 6.60. The maximum absolute atomic E-state index is 11.9. The Bertz CT molecular complexity index is 3480. The van der Waals surface area contributed by atoms with Gasteiger partial charge in [-0.1, -0.05) is 29.8 Å². The molecule has 0 spiro atoms. The van der Waals surface area contributed by atoms with E-state index in [9.17, 15) is 29.1 Å². The third-order valence-electron chi connectivity index (χ3n) is 9.03. The second-order valence-corrected chi connectivity index (χ2v) is 15.9. The summed E-state index contributed by atoms with van der Waals surface area (Å²) in [6.07, 6.45) is 8.86. The van der Waals surface area contributed by atoms with Gasteiger partial charge in [-0.3, -0.25) is 30.4 Å². The highest BCUT2D eigenvalue weighted by Crippen LogP contribution is 2.30. The molecule has 1 saturated carbocycles. The smallest absolute Gasteiger partial charge is 0.337 e. The number of carboxylic acid groups (broad SMARTS) is 4. The van der Waals surface area contributed by atoms with Gasteiger partial charge in [0.15, 0.2) is 27.5 Å². The zero-order chi connectivity index (χ0) is 53.0. The number of amides is 1. The van der Waals surface area contributed by atoms with Crippen LogP contribution < -0.4 is 28.3 Å². The predicted octanol–water partition coefficient (Wildman–Crippen LogP) is 5.80. The Balaban J connectivity index is 0.000000184. The molecule has 1 fully saturated rings. The number of isothiocyanates is 1.